The number of hydrogen-bond acceptors (Lipinski definition) is 4. The smallest absolute Gasteiger partial charge is 0.317 e. The molecule has 0 aromatic carbocycles. The molecule has 0 saturated carbocycles. The molecular formula is C5H9NO4. The summed E-state index contributed by atoms with van der Waals surface area (Å²) in [4.78, 5) is 9.85. The molecule has 1 unspecified atom stereocenters. The fourth-order valence-corrected chi connectivity index (χ4v) is 0.341. The van der Waals surface area contributed by atoms with Crippen molar-refractivity contribution in [3.05, 3.63) is 12.3 Å². The van der Waals surface area contributed by atoms with Gasteiger partial charge in [-0.1, -0.05) is 0 Å². The van der Waals surface area contributed by atoms with Crippen molar-refractivity contribution in [3.8, 4) is 0 Å². The highest BCUT2D eigenvalue weighted by Crippen LogP contribution is 1.77. The Morgan fingerprint density at radius 3 is 2.70 bits per heavy atom. The van der Waals surface area contributed by atoms with E-state index in [0.717, 1.165) is 6.08 Å². The van der Waals surface area contributed by atoms with Crippen LogP contribution in [-0.2, 0) is 4.79 Å². The van der Waals surface area contributed by atoms with Crippen LogP contribution in [0.1, 0.15) is 0 Å². The first kappa shape index (κ1) is 8.93. The molecule has 5 nitrogen and oxygen atoms in total. The van der Waals surface area contributed by atoms with E-state index in [1.807, 2.05) is 0 Å². The number of aliphatic carboxylic acids is 1. The van der Waals surface area contributed by atoms with E-state index < -0.39 is 12.2 Å². The third-order valence-corrected chi connectivity index (χ3v) is 0.731. The molecule has 0 heterocycles. The molecule has 0 rings (SSSR count). The normalized spacial score (nSPS) is 13.7. The molecule has 0 aromatic heterocycles. The first-order valence-corrected chi connectivity index (χ1v) is 2.61. The second-order valence-corrected chi connectivity index (χ2v) is 1.56. The zero-order chi connectivity index (χ0) is 7.98. The van der Waals surface area contributed by atoms with E-state index in [2.05, 4.69) is 5.32 Å². The lowest BCUT2D eigenvalue weighted by molar-refractivity contribution is -0.136. The number of aliphatic hydroxyl groups is 2. The van der Waals surface area contributed by atoms with Crippen molar-refractivity contribution < 1.29 is 20.1 Å². The highest BCUT2D eigenvalue weighted by Gasteiger charge is 1.99. The number of hydrogen-bond donors (Lipinski definition) is 4. The van der Waals surface area contributed by atoms with Crippen LogP contribution in [0.5, 0.6) is 0 Å². The number of carboxylic acids is 1. The second kappa shape index (κ2) is 4.78. The molecule has 4 N–H and O–H groups in total. The van der Waals surface area contributed by atoms with Gasteiger partial charge in [0.15, 0.2) is 0 Å². The van der Waals surface area contributed by atoms with Crippen LogP contribution >= 0.6 is 0 Å². The van der Waals surface area contributed by atoms with E-state index in [4.69, 9.17) is 15.3 Å². The summed E-state index contributed by atoms with van der Waals surface area (Å²) >= 11 is 0. The fraction of sp³-hybridized carbons (Fsp3) is 0.400. The fourth-order valence-electron chi connectivity index (χ4n) is 0.341. The summed E-state index contributed by atoms with van der Waals surface area (Å²) in [6.07, 6.45) is 0.545. The van der Waals surface area contributed by atoms with Crippen LogP contribution in [0.4, 0.5) is 0 Å². The first-order chi connectivity index (χ1) is 4.66. The predicted octanol–water partition coefficient (Wildman–Crippen LogP) is -0.949. The summed E-state index contributed by atoms with van der Waals surface area (Å²) in [5.74, 6) is -1.06. The van der Waals surface area contributed by atoms with Crippen LogP contribution in [0.15, 0.2) is 12.3 Å². The van der Waals surface area contributed by atoms with Crippen LogP contribution in [0.25, 0.3) is 0 Å². The average Bonchev–Trinajstić information content (AvgIpc) is 1.85. The zero-order valence-electron chi connectivity index (χ0n) is 5.19. The average molecular weight is 147 g/mol. The molecule has 10 heavy (non-hydrogen) atoms. The molecule has 0 bridgehead atoms. The van der Waals surface area contributed by atoms with Gasteiger partial charge in [-0.2, -0.15) is 0 Å². The molecule has 0 radical (unpaired) electrons. The lowest BCUT2D eigenvalue weighted by Gasteiger charge is -2.03. The first-order valence-electron chi connectivity index (χ1n) is 2.61. The molecular weight excluding hydrogens is 138 g/mol. The topological polar surface area (TPSA) is 89.8 Å². The molecule has 0 aliphatic heterocycles. The van der Waals surface area contributed by atoms with Crippen molar-refractivity contribution in [1.82, 2.24) is 5.32 Å². The Balaban J connectivity index is 3.39. The van der Waals surface area contributed by atoms with E-state index in [-0.39, 0.29) is 6.54 Å². The summed E-state index contributed by atoms with van der Waals surface area (Å²) in [6.45, 7) is -0.342. The highest BCUT2D eigenvalue weighted by molar-refractivity contribution is 5.69. The van der Waals surface area contributed by atoms with E-state index in [9.17, 15) is 4.79 Å². The summed E-state index contributed by atoms with van der Waals surface area (Å²) in [5.41, 5.74) is 0. The molecule has 0 fully saturated rings. The minimum Gasteiger partial charge on any atom is -0.516 e. The largest absolute Gasteiger partial charge is 0.516 e. The van der Waals surface area contributed by atoms with Gasteiger partial charge in [-0.25, -0.2) is 0 Å². The molecule has 1 atom stereocenters. The number of carbonyl (C=O) groups is 1. The summed E-state index contributed by atoms with van der Waals surface area (Å²) < 4.78 is 0. The Hall–Kier alpha value is -1.07. The van der Waals surface area contributed by atoms with Gasteiger partial charge in [0.25, 0.3) is 0 Å². The standard InChI is InChI=1S/C5H9NO4/c7-2-1-4(8)6-3-5(9)10/h1-2,4,6-8H,3H2,(H,9,10). The van der Waals surface area contributed by atoms with E-state index >= 15 is 0 Å². The Bertz CT molecular complexity index is 134. The Morgan fingerprint density at radius 1 is 1.70 bits per heavy atom. The van der Waals surface area contributed by atoms with Crippen molar-refractivity contribution in [1.29, 1.82) is 0 Å². The second-order valence-electron chi connectivity index (χ2n) is 1.56. The monoisotopic (exact) mass is 147 g/mol. The number of carboxylic acid groups (broad SMARTS) is 1. The minimum atomic E-state index is -1.11. The van der Waals surface area contributed by atoms with Gasteiger partial charge in [0, 0.05) is 0 Å². The van der Waals surface area contributed by atoms with Crippen LogP contribution in [0.2, 0.25) is 0 Å². The van der Waals surface area contributed by atoms with Crippen molar-refractivity contribution in [2.75, 3.05) is 6.54 Å². The summed E-state index contributed by atoms with van der Waals surface area (Å²) in [5, 5.41) is 27.0. The van der Waals surface area contributed by atoms with Crippen LogP contribution in [0, 0.1) is 0 Å². The Morgan fingerprint density at radius 2 is 2.30 bits per heavy atom. The van der Waals surface area contributed by atoms with Crippen LogP contribution in [-0.4, -0.2) is 34.1 Å². The SMILES string of the molecule is O=C(O)CNC(O)C=CO. The van der Waals surface area contributed by atoms with Crippen LogP contribution < -0.4 is 5.32 Å². The molecule has 0 spiro atoms. The van der Waals surface area contributed by atoms with Gasteiger partial charge < -0.3 is 15.3 Å². The molecule has 0 aromatic rings. The maximum absolute atomic E-state index is 9.85. The predicted molar refractivity (Wildman–Crippen MR) is 33.4 cm³/mol. The van der Waals surface area contributed by atoms with Crippen LogP contribution in [0.3, 0.4) is 0 Å². The number of aliphatic hydroxyl groups excluding tert-OH is 2. The maximum atomic E-state index is 9.85. The Kier molecular flexibility index (Phi) is 4.26. The van der Waals surface area contributed by atoms with E-state index in [0.29, 0.717) is 6.26 Å². The summed E-state index contributed by atoms with van der Waals surface area (Å²) in [6, 6.07) is 0. The third kappa shape index (κ3) is 5.07. The minimum absolute atomic E-state index is 0.342. The third-order valence-electron chi connectivity index (χ3n) is 0.731. The molecule has 58 valence electrons. The molecule has 0 aliphatic rings. The lowest BCUT2D eigenvalue weighted by Crippen LogP contribution is -2.31. The molecule has 0 saturated heterocycles. The quantitative estimate of drug-likeness (QED) is 0.304. The van der Waals surface area contributed by atoms with Gasteiger partial charge in [0.05, 0.1) is 12.8 Å². The lowest BCUT2D eigenvalue weighted by atomic mass is 10.5. The van der Waals surface area contributed by atoms with Gasteiger partial charge in [0.1, 0.15) is 6.23 Å². The molecule has 0 aliphatic carbocycles. The van der Waals surface area contributed by atoms with Crippen molar-refractivity contribution in [2.45, 2.75) is 6.23 Å². The van der Waals surface area contributed by atoms with Crippen molar-refractivity contribution in [3.63, 3.8) is 0 Å². The van der Waals surface area contributed by atoms with Gasteiger partial charge >= 0.3 is 5.97 Å². The van der Waals surface area contributed by atoms with Gasteiger partial charge in [0.2, 0.25) is 0 Å². The van der Waals surface area contributed by atoms with Gasteiger partial charge in [-0.3, -0.25) is 10.1 Å². The van der Waals surface area contributed by atoms with Crippen molar-refractivity contribution >= 4 is 5.97 Å². The zero-order valence-corrected chi connectivity index (χ0v) is 5.19. The van der Waals surface area contributed by atoms with Crippen molar-refractivity contribution in [2.24, 2.45) is 0 Å². The number of nitrogens with one attached hydrogen (secondary N) is 1. The highest BCUT2D eigenvalue weighted by atomic mass is 16.4. The molecule has 5 heteroatoms. The summed E-state index contributed by atoms with van der Waals surface area (Å²) in [7, 11) is 0. The number of rotatable bonds is 4. The van der Waals surface area contributed by atoms with E-state index in [1.54, 1.807) is 0 Å². The molecule has 0 amide bonds. The van der Waals surface area contributed by atoms with Gasteiger partial charge in [-0.05, 0) is 6.08 Å². The van der Waals surface area contributed by atoms with E-state index in [1.165, 1.54) is 0 Å². The van der Waals surface area contributed by atoms with Gasteiger partial charge in [-0.15, -0.1) is 0 Å². The Labute approximate surface area is 57.6 Å². The maximum Gasteiger partial charge on any atom is 0.317 e.